The molecule has 0 aliphatic carbocycles. The standard InChI is InChI=1S/C21H20N2O4/c1-12-8-9-15(11-19(12)24)22-20(25)16-6-4-5-7-18(16)23-13(2)10-17(14(23)3)21(26)27/h4-11,24H,1-3H3,(H,22,25)(H,26,27). The summed E-state index contributed by atoms with van der Waals surface area (Å²) in [5.41, 5.74) is 3.65. The Labute approximate surface area is 156 Å². The lowest BCUT2D eigenvalue weighted by Crippen LogP contribution is -2.16. The monoisotopic (exact) mass is 364 g/mol. The van der Waals surface area contributed by atoms with E-state index in [4.69, 9.17) is 0 Å². The van der Waals surface area contributed by atoms with Crippen LogP contribution in [0.15, 0.2) is 48.5 Å². The van der Waals surface area contributed by atoms with Crippen LogP contribution in [0.1, 0.15) is 37.7 Å². The van der Waals surface area contributed by atoms with Gasteiger partial charge >= 0.3 is 5.97 Å². The van der Waals surface area contributed by atoms with Crippen LogP contribution in [0.2, 0.25) is 0 Å². The van der Waals surface area contributed by atoms with Gasteiger partial charge in [0.05, 0.1) is 16.8 Å². The molecular formula is C21H20N2O4. The molecular weight excluding hydrogens is 344 g/mol. The first-order chi connectivity index (χ1) is 12.8. The Balaban J connectivity index is 2.03. The number of phenols is 1. The molecule has 0 fully saturated rings. The number of amides is 1. The molecule has 0 radical (unpaired) electrons. The van der Waals surface area contributed by atoms with Crippen molar-refractivity contribution in [3.63, 3.8) is 0 Å². The van der Waals surface area contributed by atoms with Gasteiger partial charge in [-0.05, 0) is 50.6 Å². The second-order valence-electron chi connectivity index (χ2n) is 6.40. The van der Waals surface area contributed by atoms with Crippen molar-refractivity contribution in [2.24, 2.45) is 0 Å². The summed E-state index contributed by atoms with van der Waals surface area (Å²) in [4.78, 5) is 24.3. The zero-order chi connectivity index (χ0) is 19.7. The zero-order valence-corrected chi connectivity index (χ0v) is 15.3. The van der Waals surface area contributed by atoms with E-state index in [2.05, 4.69) is 5.32 Å². The topological polar surface area (TPSA) is 91.6 Å². The van der Waals surface area contributed by atoms with Gasteiger partial charge in [-0.3, -0.25) is 4.79 Å². The molecule has 3 aromatic rings. The van der Waals surface area contributed by atoms with Gasteiger partial charge in [-0.1, -0.05) is 18.2 Å². The molecule has 27 heavy (non-hydrogen) atoms. The molecule has 3 N–H and O–H groups in total. The number of carbonyl (C=O) groups is 2. The van der Waals surface area contributed by atoms with Crippen LogP contribution in [0, 0.1) is 20.8 Å². The highest BCUT2D eigenvalue weighted by molar-refractivity contribution is 6.07. The van der Waals surface area contributed by atoms with E-state index in [1.807, 2.05) is 0 Å². The Morgan fingerprint density at radius 3 is 2.30 bits per heavy atom. The first-order valence-electron chi connectivity index (χ1n) is 8.42. The van der Waals surface area contributed by atoms with Crippen molar-refractivity contribution in [1.82, 2.24) is 4.57 Å². The number of aromatic nitrogens is 1. The van der Waals surface area contributed by atoms with Crippen LogP contribution in [-0.4, -0.2) is 26.7 Å². The van der Waals surface area contributed by atoms with Crippen LogP contribution in [0.3, 0.4) is 0 Å². The molecule has 1 aromatic heterocycles. The fourth-order valence-corrected chi connectivity index (χ4v) is 3.10. The van der Waals surface area contributed by atoms with E-state index in [0.29, 0.717) is 28.2 Å². The molecule has 0 saturated carbocycles. The third-order valence-electron chi connectivity index (χ3n) is 4.52. The summed E-state index contributed by atoms with van der Waals surface area (Å²) in [6, 6.07) is 13.5. The van der Waals surface area contributed by atoms with Gasteiger partial charge in [0, 0.05) is 23.1 Å². The summed E-state index contributed by atoms with van der Waals surface area (Å²) in [6.07, 6.45) is 0. The molecule has 0 unspecified atom stereocenters. The van der Waals surface area contributed by atoms with E-state index in [0.717, 1.165) is 5.69 Å². The number of hydrogen-bond donors (Lipinski definition) is 3. The molecule has 2 aromatic carbocycles. The minimum atomic E-state index is -1.01. The molecule has 0 saturated heterocycles. The second-order valence-corrected chi connectivity index (χ2v) is 6.40. The Morgan fingerprint density at radius 2 is 1.67 bits per heavy atom. The number of phenolic OH excluding ortho intramolecular Hbond substituents is 1. The largest absolute Gasteiger partial charge is 0.508 e. The number of anilines is 1. The molecule has 0 atom stereocenters. The lowest BCUT2D eigenvalue weighted by atomic mass is 10.1. The third-order valence-corrected chi connectivity index (χ3v) is 4.52. The minimum absolute atomic E-state index is 0.101. The second kappa shape index (κ2) is 6.99. The van der Waals surface area contributed by atoms with Crippen molar-refractivity contribution in [3.8, 4) is 11.4 Å². The highest BCUT2D eigenvalue weighted by atomic mass is 16.4. The quantitative estimate of drug-likeness (QED) is 0.651. The number of nitrogens with zero attached hydrogens (tertiary/aromatic N) is 1. The van der Waals surface area contributed by atoms with E-state index in [-0.39, 0.29) is 17.2 Å². The van der Waals surface area contributed by atoms with Crippen molar-refractivity contribution >= 4 is 17.6 Å². The number of nitrogens with one attached hydrogen (secondary N) is 1. The summed E-state index contributed by atoms with van der Waals surface area (Å²) in [7, 11) is 0. The fraction of sp³-hybridized carbons (Fsp3) is 0.143. The highest BCUT2D eigenvalue weighted by Crippen LogP contribution is 2.25. The van der Waals surface area contributed by atoms with Crippen molar-refractivity contribution in [2.75, 3.05) is 5.32 Å². The molecule has 0 aliphatic heterocycles. The van der Waals surface area contributed by atoms with Crippen molar-refractivity contribution in [3.05, 3.63) is 76.6 Å². The van der Waals surface area contributed by atoms with Gasteiger partial charge in [0.25, 0.3) is 5.91 Å². The zero-order valence-electron chi connectivity index (χ0n) is 15.3. The van der Waals surface area contributed by atoms with Gasteiger partial charge in [0.1, 0.15) is 5.75 Å². The molecule has 1 heterocycles. The maximum atomic E-state index is 12.8. The average molecular weight is 364 g/mol. The Kier molecular flexibility index (Phi) is 4.73. The van der Waals surface area contributed by atoms with Crippen LogP contribution >= 0.6 is 0 Å². The van der Waals surface area contributed by atoms with E-state index in [1.54, 1.807) is 67.8 Å². The number of benzene rings is 2. The number of aryl methyl sites for hydroxylation is 2. The Hall–Kier alpha value is -3.54. The van der Waals surface area contributed by atoms with E-state index in [1.165, 1.54) is 6.07 Å². The first kappa shape index (κ1) is 18.3. The average Bonchev–Trinajstić information content (AvgIpc) is 2.92. The maximum Gasteiger partial charge on any atom is 0.337 e. The van der Waals surface area contributed by atoms with Gasteiger partial charge in [0.2, 0.25) is 0 Å². The molecule has 1 amide bonds. The molecule has 6 heteroatoms. The van der Waals surface area contributed by atoms with E-state index in [9.17, 15) is 19.8 Å². The molecule has 0 bridgehead atoms. The van der Waals surface area contributed by atoms with Crippen molar-refractivity contribution in [2.45, 2.75) is 20.8 Å². The fourth-order valence-electron chi connectivity index (χ4n) is 3.10. The lowest BCUT2D eigenvalue weighted by molar-refractivity contribution is 0.0696. The van der Waals surface area contributed by atoms with Gasteiger partial charge in [-0.2, -0.15) is 0 Å². The highest BCUT2D eigenvalue weighted by Gasteiger charge is 2.20. The van der Waals surface area contributed by atoms with Gasteiger partial charge in [-0.15, -0.1) is 0 Å². The summed E-state index contributed by atoms with van der Waals surface area (Å²) < 4.78 is 1.75. The van der Waals surface area contributed by atoms with Crippen LogP contribution in [0.5, 0.6) is 5.75 Å². The van der Waals surface area contributed by atoms with Crippen molar-refractivity contribution in [1.29, 1.82) is 0 Å². The number of carbonyl (C=O) groups excluding carboxylic acids is 1. The van der Waals surface area contributed by atoms with E-state index >= 15 is 0 Å². The van der Waals surface area contributed by atoms with Crippen LogP contribution in [-0.2, 0) is 0 Å². The number of carboxylic acids is 1. The first-order valence-corrected chi connectivity index (χ1v) is 8.42. The van der Waals surface area contributed by atoms with Crippen LogP contribution in [0.4, 0.5) is 5.69 Å². The Morgan fingerprint density at radius 1 is 0.963 bits per heavy atom. The molecule has 3 rings (SSSR count). The van der Waals surface area contributed by atoms with Gasteiger partial charge in [0.15, 0.2) is 0 Å². The SMILES string of the molecule is Cc1ccc(NC(=O)c2ccccc2-n2c(C)cc(C(=O)O)c2C)cc1O. The summed E-state index contributed by atoms with van der Waals surface area (Å²) in [5, 5.41) is 22.0. The van der Waals surface area contributed by atoms with Crippen molar-refractivity contribution < 1.29 is 19.8 Å². The molecule has 0 aliphatic rings. The normalized spacial score (nSPS) is 10.6. The number of para-hydroxylation sites is 1. The van der Waals surface area contributed by atoms with Gasteiger partial charge in [-0.25, -0.2) is 4.79 Å². The molecule has 6 nitrogen and oxygen atoms in total. The number of hydrogen-bond acceptors (Lipinski definition) is 3. The smallest absolute Gasteiger partial charge is 0.337 e. The van der Waals surface area contributed by atoms with Crippen LogP contribution in [0.25, 0.3) is 5.69 Å². The molecule has 138 valence electrons. The number of carboxylic acid groups (broad SMARTS) is 1. The summed E-state index contributed by atoms with van der Waals surface area (Å²) in [5.74, 6) is -1.26. The number of aromatic carboxylic acids is 1. The summed E-state index contributed by atoms with van der Waals surface area (Å²) >= 11 is 0. The van der Waals surface area contributed by atoms with Gasteiger partial charge < -0.3 is 20.1 Å². The van der Waals surface area contributed by atoms with Crippen LogP contribution < -0.4 is 5.32 Å². The maximum absolute atomic E-state index is 12.8. The number of rotatable bonds is 4. The predicted molar refractivity (Wildman–Crippen MR) is 103 cm³/mol. The predicted octanol–water partition coefficient (Wildman–Crippen LogP) is 4.06. The number of aromatic hydroxyl groups is 1. The lowest BCUT2D eigenvalue weighted by Gasteiger charge is -2.15. The minimum Gasteiger partial charge on any atom is -0.508 e. The Bertz CT molecular complexity index is 1050. The molecule has 0 spiro atoms. The van der Waals surface area contributed by atoms with E-state index < -0.39 is 5.97 Å². The summed E-state index contributed by atoms with van der Waals surface area (Å²) in [6.45, 7) is 5.28. The third kappa shape index (κ3) is 3.42.